The third-order valence-corrected chi connectivity index (χ3v) is 5.61. The van der Waals surface area contributed by atoms with E-state index in [1.54, 1.807) is 24.3 Å². The maximum atomic E-state index is 12.7. The summed E-state index contributed by atoms with van der Waals surface area (Å²) in [6.07, 6.45) is 1.41. The SMILES string of the molecule is CS(=O)(=NC(=S)NC(=O)c1ccc2c(c1)no[n+]2[O-])c1ccc(Cl)cc1. The normalized spacial score (nSPS) is 13.2. The minimum atomic E-state index is -2.85. The average Bonchev–Trinajstić information content (AvgIpc) is 2.95. The second kappa shape index (κ2) is 6.98. The maximum absolute atomic E-state index is 12.7. The van der Waals surface area contributed by atoms with Crippen LogP contribution in [0.2, 0.25) is 5.02 Å². The van der Waals surface area contributed by atoms with E-state index in [1.807, 2.05) is 0 Å². The summed E-state index contributed by atoms with van der Waals surface area (Å²) in [4.78, 5) is 12.9. The van der Waals surface area contributed by atoms with Crippen LogP contribution in [0.1, 0.15) is 10.4 Å². The summed E-state index contributed by atoms with van der Waals surface area (Å²) in [5, 5.41) is 17.4. The number of hydrogen-bond acceptors (Lipinski definition) is 6. The fourth-order valence-electron chi connectivity index (χ4n) is 2.11. The van der Waals surface area contributed by atoms with Gasteiger partial charge in [0, 0.05) is 33.0 Å². The summed E-state index contributed by atoms with van der Waals surface area (Å²) in [6, 6.07) is 10.5. The van der Waals surface area contributed by atoms with Crippen LogP contribution in [0.3, 0.4) is 0 Å². The Labute approximate surface area is 158 Å². The van der Waals surface area contributed by atoms with Crippen molar-refractivity contribution in [2.45, 2.75) is 4.90 Å². The third kappa shape index (κ3) is 3.82. The van der Waals surface area contributed by atoms with Crippen molar-refractivity contribution in [1.82, 2.24) is 10.5 Å². The fourth-order valence-corrected chi connectivity index (χ4v) is 3.86. The number of nitrogens with one attached hydrogen (secondary N) is 1. The zero-order valence-electron chi connectivity index (χ0n) is 13.2. The Morgan fingerprint density at radius 1 is 1.35 bits per heavy atom. The predicted octanol–water partition coefficient (Wildman–Crippen LogP) is 2.29. The van der Waals surface area contributed by atoms with Crippen LogP contribution in [0.15, 0.2) is 56.4 Å². The molecule has 3 rings (SSSR count). The Kier molecular flexibility index (Phi) is 4.90. The minimum absolute atomic E-state index is 0.188. The smallest absolute Gasteiger partial charge is 0.257 e. The molecule has 0 aliphatic heterocycles. The van der Waals surface area contributed by atoms with Crippen LogP contribution in [0.5, 0.6) is 0 Å². The summed E-state index contributed by atoms with van der Waals surface area (Å²) in [6.45, 7) is 0. The van der Waals surface area contributed by atoms with Crippen LogP contribution < -0.4 is 10.2 Å². The molecule has 0 fully saturated rings. The lowest BCUT2D eigenvalue weighted by Gasteiger charge is -2.06. The summed E-state index contributed by atoms with van der Waals surface area (Å²) in [7, 11) is -2.85. The van der Waals surface area contributed by atoms with Gasteiger partial charge in [0.2, 0.25) is 16.1 Å². The van der Waals surface area contributed by atoms with Gasteiger partial charge in [0.05, 0.1) is 9.73 Å². The molecular formula is C15H11ClN4O4S2. The van der Waals surface area contributed by atoms with Crippen molar-refractivity contribution in [2.24, 2.45) is 4.36 Å². The average molecular weight is 411 g/mol. The first kappa shape index (κ1) is 18.2. The van der Waals surface area contributed by atoms with E-state index in [4.69, 9.17) is 23.8 Å². The van der Waals surface area contributed by atoms with E-state index in [-0.39, 0.29) is 26.6 Å². The molecule has 134 valence electrons. The minimum Gasteiger partial charge on any atom is -0.359 e. The van der Waals surface area contributed by atoms with Gasteiger partial charge in [-0.2, -0.15) is 4.36 Å². The molecule has 1 N–H and O–H groups in total. The van der Waals surface area contributed by atoms with Crippen molar-refractivity contribution in [2.75, 3.05) is 6.26 Å². The van der Waals surface area contributed by atoms with E-state index < -0.39 is 15.6 Å². The molecule has 0 bridgehead atoms. The number of thiocarbonyl (C=S) groups is 1. The topological polar surface area (TPSA) is 112 Å². The van der Waals surface area contributed by atoms with Gasteiger partial charge in [0.25, 0.3) is 5.91 Å². The van der Waals surface area contributed by atoms with E-state index >= 15 is 0 Å². The molecular weight excluding hydrogens is 400 g/mol. The van der Waals surface area contributed by atoms with Crippen molar-refractivity contribution >= 4 is 55.6 Å². The number of rotatable bonds is 2. The molecule has 0 radical (unpaired) electrons. The van der Waals surface area contributed by atoms with Gasteiger partial charge in [-0.3, -0.25) is 14.7 Å². The fraction of sp³-hybridized carbons (Fsp3) is 0.0667. The van der Waals surface area contributed by atoms with Gasteiger partial charge >= 0.3 is 0 Å². The van der Waals surface area contributed by atoms with Gasteiger partial charge in [-0.05, 0) is 53.5 Å². The molecule has 0 saturated carbocycles. The molecule has 3 aromatic rings. The van der Waals surface area contributed by atoms with Crippen LogP contribution in [0, 0.1) is 5.21 Å². The number of fused-ring (bicyclic) bond motifs is 1. The van der Waals surface area contributed by atoms with E-state index in [1.165, 1.54) is 24.5 Å². The zero-order chi connectivity index (χ0) is 18.9. The van der Waals surface area contributed by atoms with Crippen LogP contribution >= 0.6 is 23.8 Å². The summed E-state index contributed by atoms with van der Waals surface area (Å²) in [5.41, 5.74) is 0.599. The van der Waals surface area contributed by atoms with Crippen molar-refractivity contribution in [3.8, 4) is 0 Å². The highest BCUT2D eigenvalue weighted by Crippen LogP contribution is 2.16. The van der Waals surface area contributed by atoms with Crippen LogP contribution in [-0.4, -0.2) is 26.6 Å². The highest BCUT2D eigenvalue weighted by molar-refractivity contribution is 7.94. The number of nitrogens with zero attached hydrogens (tertiary/aromatic N) is 3. The summed E-state index contributed by atoms with van der Waals surface area (Å²) >= 11 is 10.8. The van der Waals surface area contributed by atoms with Gasteiger partial charge in [-0.25, -0.2) is 4.21 Å². The third-order valence-electron chi connectivity index (χ3n) is 3.38. The zero-order valence-corrected chi connectivity index (χ0v) is 15.6. The molecule has 11 heteroatoms. The Morgan fingerprint density at radius 2 is 2.04 bits per heavy atom. The number of aromatic nitrogens is 2. The van der Waals surface area contributed by atoms with Crippen molar-refractivity contribution < 1.29 is 18.5 Å². The first-order valence-electron chi connectivity index (χ1n) is 7.09. The lowest BCUT2D eigenvalue weighted by atomic mass is 10.2. The highest BCUT2D eigenvalue weighted by atomic mass is 35.5. The molecule has 1 atom stereocenters. The van der Waals surface area contributed by atoms with E-state index in [0.717, 1.165) is 0 Å². The van der Waals surface area contributed by atoms with Crippen LogP contribution in [-0.2, 0) is 9.73 Å². The number of halogens is 1. The molecule has 0 aliphatic rings. The molecule has 1 aromatic heterocycles. The Morgan fingerprint density at radius 3 is 2.73 bits per heavy atom. The number of benzene rings is 2. The molecule has 1 unspecified atom stereocenters. The monoisotopic (exact) mass is 410 g/mol. The summed E-state index contributed by atoms with van der Waals surface area (Å²) < 4.78 is 21.1. The first-order chi connectivity index (χ1) is 12.3. The highest BCUT2D eigenvalue weighted by Gasteiger charge is 2.15. The standard InChI is InChI=1S/C15H11ClN4O4S2/c1-26(23,11-5-3-10(16)4-6-11)19-15(25)17-14(21)9-2-7-13-12(8-9)18-24-20(13)22/h2-8H,1H3,(H,17,21,25). The van der Waals surface area contributed by atoms with Gasteiger partial charge in [-0.15, -0.1) is 0 Å². The number of hydrogen-bond donors (Lipinski definition) is 1. The van der Waals surface area contributed by atoms with E-state index in [2.05, 4.69) is 19.5 Å². The molecule has 0 spiro atoms. The second-order valence-electron chi connectivity index (χ2n) is 5.24. The van der Waals surface area contributed by atoms with E-state index in [0.29, 0.717) is 9.92 Å². The molecule has 1 heterocycles. The molecule has 1 amide bonds. The van der Waals surface area contributed by atoms with Crippen LogP contribution in [0.25, 0.3) is 11.0 Å². The largest absolute Gasteiger partial charge is 0.359 e. The van der Waals surface area contributed by atoms with Crippen molar-refractivity contribution in [3.05, 3.63) is 58.3 Å². The number of carbonyl (C=O) groups excluding carboxylic acids is 1. The quantitative estimate of drug-likeness (QED) is 0.512. The van der Waals surface area contributed by atoms with E-state index in [9.17, 15) is 14.2 Å². The molecule has 0 saturated heterocycles. The number of carbonyl (C=O) groups is 1. The lowest BCUT2D eigenvalue weighted by Crippen LogP contribution is -2.28. The van der Waals surface area contributed by atoms with Crippen molar-refractivity contribution in [3.63, 3.8) is 0 Å². The molecule has 2 aromatic carbocycles. The van der Waals surface area contributed by atoms with Crippen molar-refractivity contribution in [1.29, 1.82) is 0 Å². The second-order valence-corrected chi connectivity index (χ2v) is 8.32. The summed E-state index contributed by atoms with van der Waals surface area (Å²) in [5.74, 6) is -0.576. The van der Waals surface area contributed by atoms with Gasteiger partial charge in [-0.1, -0.05) is 11.6 Å². The predicted molar refractivity (Wildman–Crippen MR) is 99.2 cm³/mol. The molecule has 0 aliphatic carbocycles. The number of amides is 1. The van der Waals surface area contributed by atoms with Crippen LogP contribution in [0.4, 0.5) is 0 Å². The Bertz CT molecular complexity index is 1130. The first-order valence-corrected chi connectivity index (χ1v) is 9.80. The Hall–Kier alpha value is -2.56. The Balaban J connectivity index is 1.80. The lowest BCUT2D eigenvalue weighted by molar-refractivity contribution is -0.782. The molecule has 26 heavy (non-hydrogen) atoms. The van der Waals surface area contributed by atoms with Gasteiger partial charge < -0.3 is 5.21 Å². The van der Waals surface area contributed by atoms with Gasteiger partial charge in [0.15, 0.2) is 0 Å². The maximum Gasteiger partial charge on any atom is 0.257 e. The van der Waals surface area contributed by atoms with Gasteiger partial charge in [0.1, 0.15) is 0 Å². The molecule has 8 nitrogen and oxygen atoms in total.